The Bertz CT molecular complexity index is 1190. The zero-order valence-corrected chi connectivity index (χ0v) is 20.1. The number of carbonyl (C=O) groups excluding carboxylic acids is 3. The number of rotatable bonds is 8. The minimum Gasteiger partial charge on any atom is -0.507 e. The van der Waals surface area contributed by atoms with Gasteiger partial charge in [-0.3, -0.25) is 4.79 Å². The Morgan fingerprint density at radius 2 is 1.94 bits per heavy atom. The number of esters is 1. The van der Waals surface area contributed by atoms with Gasteiger partial charge in [-0.2, -0.15) is 0 Å². The zero-order valence-electron chi connectivity index (χ0n) is 20.1. The Balaban J connectivity index is 1.42. The van der Waals surface area contributed by atoms with Gasteiger partial charge in [0.05, 0.1) is 13.2 Å². The number of hydrogen-bond donors (Lipinski definition) is 1. The van der Waals surface area contributed by atoms with Gasteiger partial charge in [-0.25, -0.2) is 14.5 Å². The molecule has 0 bridgehead atoms. The number of carbonyl (C=O) groups is 3. The Morgan fingerprint density at radius 3 is 2.66 bits per heavy atom. The molecule has 2 aliphatic rings. The molecule has 1 saturated heterocycles. The van der Waals surface area contributed by atoms with E-state index < -0.39 is 12.1 Å². The lowest BCUT2D eigenvalue weighted by Crippen LogP contribution is -2.40. The third-order valence-corrected chi connectivity index (χ3v) is 6.58. The lowest BCUT2D eigenvalue weighted by atomic mass is 9.94. The van der Waals surface area contributed by atoms with Gasteiger partial charge in [-0.05, 0) is 44.2 Å². The van der Waals surface area contributed by atoms with Crippen molar-refractivity contribution in [3.8, 4) is 11.5 Å². The second kappa shape index (κ2) is 10.2. The van der Waals surface area contributed by atoms with Crippen LogP contribution in [0.2, 0.25) is 0 Å². The number of aromatic hydroxyl groups is 1. The predicted molar refractivity (Wildman–Crippen MR) is 127 cm³/mol. The van der Waals surface area contributed by atoms with Gasteiger partial charge in [0.2, 0.25) is 5.91 Å². The van der Waals surface area contributed by atoms with Crippen molar-refractivity contribution < 1.29 is 33.7 Å². The number of fused-ring (bicyclic) bond motifs is 1. The molecule has 0 radical (unpaired) electrons. The van der Waals surface area contributed by atoms with E-state index in [1.54, 1.807) is 0 Å². The molecular weight excluding hydrogens is 450 g/mol. The summed E-state index contributed by atoms with van der Waals surface area (Å²) < 4.78 is 15.8. The van der Waals surface area contributed by atoms with E-state index >= 15 is 0 Å². The summed E-state index contributed by atoms with van der Waals surface area (Å²) in [6.45, 7) is 4.02. The summed E-state index contributed by atoms with van der Waals surface area (Å²) >= 11 is 0. The van der Waals surface area contributed by atoms with E-state index in [4.69, 9.17) is 14.2 Å². The number of nitrogens with zero attached hydrogens (tertiary/aromatic N) is 1. The van der Waals surface area contributed by atoms with Gasteiger partial charge in [0, 0.05) is 17.5 Å². The van der Waals surface area contributed by atoms with Crippen molar-refractivity contribution in [1.82, 2.24) is 4.90 Å². The average molecular weight is 480 g/mol. The zero-order chi connectivity index (χ0) is 25.1. The molecule has 2 aromatic carbocycles. The van der Waals surface area contributed by atoms with E-state index in [-0.39, 0.29) is 42.9 Å². The Labute approximate surface area is 204 Å². The third kappa shape index (κ3) is 4.87. The van der Waals surface area contributed by atoms with Crippen molar-refractivity contribution in [2.24, 2.45) is 0 Å². The van der Waals surface area contributed by atoms with Crippen molar-refractivity contribution in [2.75, 3.05) is 13.7 Å². The molecule has 1 N–H and O–H groups in total. The van der Waals surface area contributed by atoms with Crippen molar-refractivity contribution >= 4 is 18.0 Å². The predicted octanol–water partition coefficient (Wildman–Crippen LogP) is 4.24. The molecule has 0 saturated carbocycles. The number of hydrogen-bond acceptors (Lipinski definition) is 7. The third-order valence-electron chi connectivity index (χ3n) is 6.58. The minimum atomic E-state index is -0.604. The number of benzene rings is 2. The van der Waals surface area contributed by atoms with E-state index in [0.29, 0.717) is 36.1 Å². The molecule has 2 amide bonds. The number of cyclic esters (lactones) is 2. The number of phenols is 1. The van der Waals surface area contributed by atoms with Crippen LogP contribution < -0.4 is 4.74 Å². The summed E-state index contributed by atoms with van der Waals surface area (Å²) in [5.41, 5.74) is 4.04. The molecule has 184 valence electrons. The molecule has 8 nitrogen and oxygen atoms in total. The van der Waals surface area contributed by atoms with Crippen LogP contribution in [0.5, 0.6) is 11.5 Å². The smallest absolute Gasteiger partial charge is 0.416 e. The Kier molecular flexibility index (Phi) is 7.10. The van der Waals surface area contributed by atoms with Crippen LogP contribution in [0.1, 0.15) is 52.4 Å². The molecule has 35 heavy (non-hydrogen) atoms. The maximum atomic E-state index is 12.9. The fraction of sp³-hybridized carbons (Fsp3) is 0.370. The van der Waals surface area contributed by atoms with Gasteiger partial charge in [0.25, 0.3) is 0 Å². The normalized spacial score (nSPS) is 17.3. The van der Waals surface area contributed by atoms with Gasteiger partial charge < -0.3 is 19.3 Å². The van der Waals surface area contributed by atoms with Crippen molar-refractivity contribution in [3.05, 3.63) is 69.8 Å². The molecule has 2 heterocycles. The monoisotopic (exact) mass is 479 g/mol. The molecular formula is C27H29NO7. The molecule has 2 aromatic rings. The standard InChI is InChI=1S/C27H29NO7/c1-16(9-11-20-24(30)23-21(15-34-26(23)31)17(2)25(20)33-3)10-12-22(29)28-19(14-35-27(28)32)13-18-7-5-4-6-8-18/h4-9,19,30H,10-15H2,1-3H3/b16-9+/t19-/m0/s1. The summed E-state index contributed by atoms with van der Waals surface area (Å²) in [6, 6.07) is 9.36. The fourth-order valence-corrected chi connectivity index (χ4v) is 4.63. The van der Waals surface area contributed by atoms with Crippen LogP contribution in [-0.2, 0) is 33.7 Å². The number of allylic oxidation sites excluding steroid dienone is 2. The van der Waals surface area contributed by atoms with Gasteiger partial charge >= 0.3 is 12.1 Å². The van der Waals surface area contributed by atoms with Gasteiger partial charge in [-0.15, -0.1) is 0 Å². The van der Waals surface area contributed by atoms with Gasteiger partial charge in [-0.1, -0.05) is 42.0 Å². The van der Waals surface area contributed by atoms with E-state index in [0.717, 1.165) is 16.7 Å². The molecule has 8 heteroatoms. The highest BCUT2D eigenvalue weighted by Crippen LogP contribution is 2.42. The number of phenolic OH excluding ortho intramolecular Hbond substituents is 1. The van der Waals surface area contributed by atoms with Crippen molar-refractivity contribution in [1.29, 1.82) is 0 Å². The maximum Gasteiger partial charge on any atom is 0.416 e. The largest absolute Gasteiger partial charge is 0.507 e. The first kappa shape index (κ1) is 24.3. The van der Waals surface area contributed by atoms with E-state index in [2.05, 4.69) is 0 Å². The molecule has 1 fully saturated rings. The van der Waals surface area contributed by atoms with Crippen LogP contribution in [0, 0.1) is 6.92 Å². The molecule has 4 rings (SSSR count). The van der Waals surface area contributed by atoms with Crippen LogP contribution in [0.15, 0.2) is 42.0 Å². The fourth-order valence-electron chi connectivity index (χ4n) is 4.63. The number of methoxy groups -OCH3 is 1. The highest BCUT2D eigenvalue weighted by Gasteiger charge is 2.37. The number of ether oxygens (including phenoxy) is 3. The summed E-state index contributed by atoms with van der Waals surface area (Å²) in [5.74, 6) is -0.437. The lowest BCUT2D eigenvalue weighted by molar-refractivity contribution is -0.129. The van der Waals surface area contributed by atoms with Crippen molar-refractivity contribution in [3.63, 3.8) is 0 Å². The SMILES string of the molecule is COc1c(C)c2c(c(O)c1C/C=C(\C)CCC(=O)N1C(=O)OC[C@@H]1Cc1ccccc1)C(=O)OC2. The Hall–Kier alpha value is -3.81. The van der Waals surface area contributed by atoms with Crippen molar-refractivity contribution in [2.45, 2.75) is 52.2 Å². The summed E-state index contributed by atoms with van der Waals surface area (Å²) in [4.78, 5) is 38.4. The molecule has 1 atom stereocenters. The Morgan fingerprint density at radius 1 is 1.20 bits per heavy atom. The first-order valence-electron chi connectivity index (χ1n) is 11.6. The van der Waals surface area contributed by atoms with E-state index in [1.807, 2.05) is 50.3 Å². The highest BCUT2D eigenvalue weighted by atomic mass is 16.6. The summed E-state index contributed by atoms with van der Waals surface area (Å²) in [7, 11) is 1.52. The van der Waals surface area contributed by atoms with Crippen LogP contribution in [0.3, 0.4) is 0 Å². The van der Waals surface area contributed by atoms with Crippen LogP contribution in [0.4, 0.5) is 4.79 Å². The lowest BCUT2D eigenvalue weighted by Gasteiger charge is -2.20. The number of amides is 2. The average Bonchev–Trinajstić information content (AvgIpc) is 3.42. The maximum absolute atomic E-state index is 12.9. The van der Waals surface area contributed by atoms with E-state index in [9.17, 15) is 19.5 Å². The second-order valence-corrected chi connectivity index (χ2v) is 8.85. The topological polar surface area (TPSA) is 102 Å². The van der Waals surface area contributed by atoms with Gasteiger partial charge in [0.15, 0.2) is 0 Å². The summed E-state index contributed by atoms with van der Waals surface area (Å²) in [6.07, 6.45) is 2.75. The number of imide groups is 1. The molecule has 0 aromatic heterocycles. The van der Waals surface area contributed by atoms with Crippen LogP contribution in [0.25, 0.3) is 0 Å². The summed E-state index contributed by atoms with van der Waals surface area (Å²) in [5, 5.41) is 10.7. The quantitative estimate of drug-likeness (QED) is 0.446. The molecule has 2 aliphatic heterocycles. The molecule has 0 unspecified atom stereocenters. The van der Waals surface area contributed by atoms with Gasteiger partial charge in [0.1, 0.15) is 30.3 Å². The highest BCUT2D eigenvalue weighted by molar-refractivity contribution is 5.98. The van der Waals surface area contributed by atoms with E-state index in [1.165, 1.54) is 12.0 Å². The first-order chi connectivity index (χ1) is 16.8. The first-order valence-corrected chi connectivity index (χ1v) is 11.6. The second-order valence-electron chi connectivity index (χ2n) is 8.85. The minimum absolute atomic E-state index is 0.116. The molecule has 0 spiro atoms. The van der Waals surface area contributed by atoms with Crippen LogP contribution >= 0.6 is 0 Å². The van der Waals surface area contributed by atoms with Crippen LogP contribution in [-0.4, -0.2) is 47.7 Å². The molecule has 0 aliphatic carbocycles.